The molecule has 1 saturated carbocycles. The highest BCUT2D eigenvalue weighted by atomic mass is 19.2. The van der Waals surface area contributed by atoms with Gasteiger partial charge >= 0.3 is 5.69 Å². The Hall–Kier alpha value is -3.75. The molecule has 7 nitrogen and oxygen atoms in total. The molecule has 1 unspecified atom stereocenters. The average molecular weight is 464 g/mol. The highest BCUT2D eigenvalue weighted by Crippen LogP contribution is 2.34. The number of nitrogens with zero attached hydrogens (tertiary/aromatic N) is 3. The zero-order valence-electron chi connectivity index (χ0n) is 18.3. The zero-order valence-corrected chi connectivity index (χ0v) is 18.3. The first-order chi connectivity index (χ1) is 16.5. The van der Waals surface area contributed by atoms with Gasteiger partial charge in [0.1, 0.15) is 11.4 Å². The van der Waals surface area contributed by atoms with Gasteiger partial charge < -0.3 is 9.32 Å². The Labute approximate surface area is 193 Å². The Balaban J connectivity index is 1.29. The lowest BCUT2D eigenvalue weighted by atomic mass is 10.0. The van der Waals surface area contributed by atoms with Gasteiger partial charge in [-0.3, -0.25) is 4.79 Å². The first kappa shape index (κ1) is 20.8. The Kier molecular flexibility index (Phi) is 4.86. The lowest BCUT2D eigenvalue weighted by molar-refractivity contribution is -0.131. The minimum absolute atomic E-state index is 0.0902. The molecule has 1 saturated heterocycles. The Morgan fingerprint density at radius 1 is 1.12 bits per heavy atom. The summed E-state index contributed by atoms with van der Waals surface area (Å²) in [4.78, 5) is 26.7. The molecule has 2 fully saturated rings. The molecular weight excluding hydrogens is 442 g/mol. The van der Waals surface area contributed by atoms with E-state index in [9.17, 15) is 9.59 Å². The van der Waals surface area contributed by atoms with Gasteiger partial charge in [-0.1, -0.05) is 6.07 Å². The van der Waals surface area contributed by atoms with Crippen molar-refractivity contribution in [2.24, 2.45) is 11.8 Å². The van der Waals surface area contributed by atoms with Crippen LogP contribution in [0.15, 0.2) is 51.9 Å². The van der Waals surface area contributed by atoms with E-state index >= 15 is 8.78 Å². The van der Waals surface area contributed by atoms with Crippen LogP contribution in [0.25, 0.3) is 27.8 Å². The number of carbonyl (C=O) groups is 1. The van der Waals surface area contributed by atoms with E-state index in [1.165, 1.54) is 18.4 Å². The van der Waals surface area contributed by atoms with Crippen molar-refractivity contribution < 1.29 is 18.0 Å². The quantitative estimate of drug-likeness (QED) is 0.483. The standard InChI is InChI=1S/C25H22F2N4O3/c26-22-18(16-3-6-20-17(12-16)8-10-34-20)4-5-19(23(22)27)31-21(28-29-25(31)33)11-14-7-9-30(13-14)24(32)15-1-2-15/h3-6,8,10,12,14-15H,1-2,7,9,11,13H2,(H,29,33). The van der Waals surface area contributed by atoms with Crippen LogP contribution in [0.3, 0.4) is 0 Å². The van der Waals surface area contributed by atoms with Crippen molar-refractivity contribution in [1.82, 2.24) is 19.7 Å². The summed E-state index contributed by atoms with van der Waals surface area (Å²) in [5.74, 6) is -1.38. The Morgan fingerprint density at radius 3 is 2.79 bits per heavy atom. The van der Waals surface area contributed by atoms with E-state index < -0.39 is 17.3 Å². The summed E-state index contributed by atoms with van der Waals surface area (Å²) >= 11 is 0. The second kappa shape index (κ2) is 7.93. The van der Waals surface area contributed by atoms with Crippen LogP contribution >= 0.6 is 0 Å². The first-order valence-electron chi connectivity index (χ1n) is 11.4. The number of aromatic amines is 1. The molecule has 1 N–H and O–H groups in total. The van der Waals surface area contributed by atoms with Crippen LogP contribution < -0.4 is 5.69 Å². The summed E-state index contributed by atoms with van der Waals surface area (Å²) in [5, 5.41) is 7.21. The van der Waals surface area contributed by atoms with Crippen molar-refractivity contribution in [3.63, 3.8) is 0 Å². The van der Waals surface area contributed by atoms with Crippen molar-refractivity contribution in [2.45, 2.75) is 25.7 Å². The largest absolute Gasteiger partial charge is 0.464 e. The molecule has 2 aliphatic rings. The second-order valence-corrected chi connectivity index (χ2v) is 9.13. The van der Waals surface area contributed by atoms with E-state index in [-0.39, 0.29) is 29.0 Å². The molecule has 2 aromatic carbocycles. The summed E-state index contributed by atoms with van der Waals surface area (Å²) in [7, 11) is 0. The number of hydrogen-bond donors (Lipinski definition) is 1. The third-order valence-electron chi connectivity index (χ3n) is 6.80. The maximum Gasteiger partial charge on any atom is 0.348 e. The van der Waals surface area contributed by atoms with Crippen molar-refractivity contribution >= 4 is 16.9 Å². The van der Waals surface area contributed by atoms with Gasteiger partial charge in [0.2, 0.25) is 5.91 Å². The van der Waals surface area contributed by atoms with Crippen molar-refractivity contribution in [1.29, 1.82) is 0 Å². The van der Waals surface area contributed by atoms with E-state index in [1.807, 2.05) is 4.90 Å². The number of rotatable bonds is 5. The van der Waals surface area contributed by atoms with E-state index in [1.54, 1.807) is 24.3 Å². The number of aromatic nitrogens is 3. The van der Waals surface area contributed by atoms with Gasteiger partial charge in [-0.15, -0.1) is 0 Å². The summed E-state index contributed by atoms with van der Waals surface area (Å²) in [6.45, 7) is 1.26. The van der Waals surface area contributed by atoms with Crippen LogP contribution in [0.4, 0.5) is 8.78 Å². The molecule has 1 aliphatic heterocycles. The molecule has 1 aliphatic carbocycles. The molecule has 9 heteroatoms. The summed E-state index contributed by atoms with van der Waals surface area (Å²) in [6, 6.07) is 9.69. The summed E-state index contributed by atoms with van der Waals surface area (Å²) in [6.07, 6.45) is 4.61. The summed E-state index contributed by atoms with van der Waals surface area (Å²) < 4.78 is 36.8. The fraction of sp³-hybridized carbons (Fsp3) is 0.320. The first-order valence-corrected chi connectivity index (χ1v) is 11.4. The van der Waals surface area contributed by atoms with Gasteiger partial charge in [0.15, 0.2) is 11.6 Å². The van der Waals surface area contributed by atoms with Gasteiger partial charge in [-0.05, 0) is 61.1 Å². The van der Waals surface area contributed by atoms with Gasteiger partial charge in [0, 0.05) is 36.4 Å². The average Bonchev–Trinajstić information content (AvgIpc) is 3.22. The van der Waals surface area contributed by atoms with Gasteiger partial charge in [-0.25, -0.2) is 23.2 Å². The zero-order chi connectivity index (χ0) is 23.4. The highest BCUT2D eigenvalue weighted by molar-refractivity contribution is 5.84. The van der Waals surface area contributed by atoms with Gasteiger partial charge in [-0.2, -0.15) is 5.10 Å². The van der Waals surface area contributed by atoms with Crippen LogP contribution in [0.5, 0.6) is 0 Å². The molecule has 0 spiro atoms. The molecule has 34 heavy (non-hydrogen) atoms. The Bertz CT molecular complexity index is 1470. The number of amides is 1. The number of H-pyrrole nitrogens is 1. The third-order valence-corrected chi connectivity index (χ3v) is 6.80. The number of likely N-dealkylation sites (tertiary alicyclic amines) is 1. The van der Waals surface area contributed by atoms with Gasteiger partial charge in [0.05, 0.1) is 12.0 Å². The number of furan rings is 1. The van der Waals surface area contributed by atoms with Crippen molar-refractivity contribution in [3.05, 3.63) is 70.6 Å². The Morgan fingerprint density at radius 2 is 1.97 bits per heavy atom. The minimum atomic E-state index is -1.12. The molecule has 3 heterocycles. The molecule has 1 amide bonds. The lowest BCUT2D eigenvalue weighted by Crippen LogP contribution is -2.30. The fourth-order valence-corrected chi connectivity index (χ4v) is 4.83. The molecule has 6 rings (SSSR count). The molecule has 0 radical (unpaired) electrons. The van der Waals surface area contributed by atoms with Crippen LogP contribution in [-0.2, 0) is 11.2 Å². The normalized spacial score (nSPS) is 18.2. The predicted molar refractivity (Wildman–Crippen MR) is 120 cm³/mol. The number of benzene rings is 2. The smallest absolute Gasteiger partial charge is 0.348 e. The number of fused-ring (bicyclic) bond motifs is 1. The van der Waals surface area contributed by atoms with E-state index in [0.717, 1.165) is 29.2 Å². The van der Waals surface area contributed by atoms with E-state index in [2.05, 4.69) is 10.2 Å². The van der Waals surface area contributed by atoms with Crippen molar-refractivity contribution in [3.8, 4) is 16.8 Å². The fourth-order valence-electron chi connectivity index (χ4n) is 4.83. The number of carbonyl (C=O) groups excluding carboxylic acids is 1. The SMILES string of the molecule is O=C(C1CC1)N1CCC(Cc2n[nH]c(=O)n2-c2ccc(-c3ccc4occc4c3)c(F)c2F)C1. The molecule has 4 aromatic rings. The lowest BCUT2D eigenvalue weighted by Gasteiger charge is -2.16. The van der Waals surface area contributed by atoms with E-state index in [0.29, 0.717) is 36.5 Å². The molecule has 174 valence electrons. The second-order valence-electron chi connectivity index (χ2n) is 9.13. The summed E-state index contributed by atoms with van der Waals surface area (Å²) in [5.41, 5.74) is 0.420. The number of hydrogen-bond acceptors (Lipinski definition) is 4. The van der Waals surface area contributed by atoms with Crippen LogP contribution in [-0.4, -0.2) is 38.7 Å². The van der Waals surface area contributed by atoms with Crippen LogP contribution in [0.2, 0.25) is 0 Å². The third kappa shape index (κ3) is 3.52. The monoisotopic (exact) mass is 464 g/mol. The van der Waals surface area contributed by atoms with Gasteiger partial charge in [0.25, 0.3) is 0 Å². The predicted octanol–water partition coefficient (Wildman–Crippen LogP) is 4.05. The molecular formula is C25H22F2N4O3. The highest BCUT2D eigenvalue weighted by Gasteiger charge is 2.37. The topological polar surface area (TPSA) is 84.1 Å². The van der Waals surface area contributed by atoms with Crippen LogP contribution in [0, 0.1) is 23.5 Å². The van der Waals surface area contributed by atoms with Crippen molar-refractivity contribution in [2.75, 3.05) is 13.1 Å². The maximum atomic E-state index is 15.3. The molecule has 0 bridgehead atoms. The number of halogens is 2. The van der Waals surface area contributed by atoms with E-state index in [4.69, 9.17) is 4.42 Å². The molecule has 2 aromatic heterocycles. The molecule has 1 atom stereocenters. The minimum Gasteiger partial charge on any atom is -0.464 e. The maximum absolute atomic E-state index is 15.3. The van der Waals surface area contributed by atoms with Crippen LogP contribution in [0.1, 0.15) is 25.1 Å². The number of nitrogens with one attached hydrogen (secondary N) is 1.